The molecule has 132 valence electrons. The Morgan fingerprint density at radius 1 is 0.846 bits per heavy atom. The predicted octanol–water partition coefficient (Wildman–Crippen LogP) is 3.59. The van der Waals surface area contributed by atoms with Crippen LogP contribution in [0, 0.1) is 0 Å². The molecule has 2 aromatic carbocycles. The van der Waals surface area contributed by atoms with Gasteiger partial charge in [0.15, 0.2) is 0 Å². The van der Waals surface area contributed by atoms with Crippen molar-refractivity contribution in [1.29, 1.82) is 0 Å². The molecule has 0 fully saturated rings. The molecule has 0 aliphatic heterocycles. The van der Waals surface area contributed by atoms with E-state index in [0.29, 0.717) is 0 Å². The van der Waals surface area contributed by atoms with Gasteiger partial charge in [0.25, 0.3) is 0 Å². The van der Waals surface area contributed by atoms with Gasteiger partial charge in [-0.2, -0.15) is 0 Å². The lowest BCUT2D eigenvalue weighted by molar-refractivity contribution is -0.131. The zero-order chi connectivity index (χ0) is 18.4. The summed E-state index contributed by atoms with van der Waals surface area (Å²) in [6, 6.07) is 25.1. The lowest BCUT2D eigenvalue weighted by Gasteiger charge is -2.27. The van der Waals surface area contributed by atoms with E-state index in [1.807, 2.05) is 66.7 Å². The van der Waals surface area contributed by atoms with E-state index < -0.39 is 6.04 Å². The van der Waals surface area contributed by atoms with Crippen molar-refractivity contribution in [3.63, 3.8) is 0 Å². The third kappa shape index (κ3) is 4.16. The van der Waals surface area contributed by atoms with E-state index in [9.17, 15) is 4.79 Å². The maximum absolute atomic E-state index is 12.9. The Bertz CT molecular complexity index is 780. The maximum Gasteiger partial charge on any atom is 0.243 e. The lowest BCUT2D eigenvalue weighted by Crippen LogP contribution is -2.39. The molecule has 4 heteroatoms. The molecular weight excluding hydrogens is 322 g/mol. The topological polar surface area (TPSA) is 45.2 Å². The normalized spacial score (nSPS) is 13.0. The molecule has 0 aliphatic rings. The molecule has 1 amide bonds. The highest BCUT2D eigenvalue weighted by molar-refractivity contribution is 5.83. The first-order valence-corrected chi connectivity index (χ1v) is 8.65. The number of amides is 1. The second kappa shape index (κ2) is 8.41. The zero-order valence-corrected chi connectivity index (χ0v) is 15.0. The predicted molar refractivity (Wildman–Crippen MR) is 104 cm³/mol. The van der Waals surface area contributed by atoms with Crippen LogP contribution in [0.1, 0.15) is 28.9 Å². The van der Waals surface area contributed by atoms with Crippen LogP contribution in [0.25, 0.3) is 0 Å². The smallest absolute Gasteiger partial charge is 0.243 e. The molecule has 0 saturated heterocycles. The fourth-order valence-corrected chi connectivity index (χ4v) is 2.93. The van der Waals surface area contributed by atoms with E-state index in [0.717, 1.165) is 16.8 Å². The number of nitrogens with zero attached hydrogens (tertiary/aromatic N) is 2. The van der Waals surface area contributed by atoms with Gasteiger partial charge in [-0.25, -0.2) is 0 Å². The SMILES string of the molecule is CN(C)C(=O)[C@@H](N[C@@H](c1ccccc1)c1ccccn1)c1ccccc1. The molecular formula is C22H23N3O. The highest BCUT2D eigenvalue weighted by Crippen LogP contribution is 2.25. The summed E-state index contributed by atoms with van der Waals surface area (Å²) in [5.74, 6) is 0.00747. The number of rotatable bonds is 6. The number of nitrogens with one attached hydrogen (secondary N) is 1. The van der Waals surface area contributed by atoms with Crippen LogP contribution in [0.5, 0.6) is 0 Å². The molecule has 0 radical (unpaired) electrons. The van der Waals surface area contributed by atoms with E-state index in [-0.39, 0.29) is 11.9 Å². The number of pyridine rings is 1. The van der Waals surface area contributed by atoms with Crippen molar-refractivity contribution in [2.45, 2.75) is 12.1 Å². The molecule has 0 aliphatic carbocycles. The summed E-state index contributed by atoms with van der Waals surface area (Å²) < 4.78 is 0. The van der Waals surface area contributed by atoms with Crippen LogP contribution < -0.4 is 5.32 Å². The van der Waals surface area contributed by atoms with Crippen molar-refractivity contribution >= 4 is 5.91 Å². The molecule has 1 heterocycles. The van der Waals surface area contributed by atoms with Crippen LogP contribution >= 0.6 is 0 Å². The molecule has 0 saturated carbocycles. The maximum atomic E-state index is 12.9. The van der Waals surface area contributed by atoms with Gasteiger partial charge < -0.3 is 4.90 Å². The van der Waals surface area contributed by atoms with Gasteiger partial charge in [-0.05, 0) is 23.3 Å². The Balaban J connectivity index is 2.01. The number of likely N-dealkylation sites (N-methyl/N-ethyl adjacent to an activating group) is 1. The van der Waals surface area contributed by atoms with Gasteiger partial charge in [-0.3, -0.25) is 15.1 Å². The molecule has 1 aromatic heterocycles. The van der Waals surface area contributed by atoms with Gasteiger partial charge in [-0.1, -0.05) is 66.7 Å². The van der Waals surface area contributed by atoms with Gasteiger partial charge in [0.2, 0.25) is 5.91 Å². The summed E-state index contributed by atoms with van der Waals surface area (Å²) in [5.41, 5.74) is 2.88. The van der Waals surface area contributed by atoms with Crippen LogP contribution in [-0.2, 0) is 4.79 Å². The van der Waals surface area contributed by atoms with E-state index >= 15 is 0 Å². The summed E-state index contributed by atoms with van der Waals surface area (Å²) in [4.78, 5) is 19.0. The van der Waals surface area contributed by atoms with Crippen molar-refractivity contribution in [3.05, 3.63) is 102 Å². The number of hydrogen-bond donors (Lipinski definition) is 1. The molecule has 2 atom stereocenters. The summed E-state index contributed by atoms with van der Waals surface area (Å²) in [5, 5.41) is 3.53. The molecule has 3 rings (SSSR count). The van der Waals surface area contributed by atoms with Gasteiger partial charge in [0.1, 0.15) is 6.04 Å². The minimum Gasteiger partial charge on any atom is -0.347 e. The molecule has 0 spiro atoms. The summed E-state index contributed by atoms with van der Waals surface area (Å²) >= 11 is 0. The lowest BCUT2D eigenvalue weighted by atomic mass is 9.99. The number of aromatic nitrogens is 1. The average molecular weight is 345 g/mol. The van der Waals surface area contributed by atoms with E-state index in [1.165, 1.54) is 0 Å². The number of carbonyl (C=O) groups excluding carboxylic acids is 1. The Kier molecular flexibility index (Phi) is 5.77. The molecule has 26 heavy (non-hydrogen) atoms. The van der Waals surface area contributed by atoms with E-state index in [2.05, 4.69) is 22.4 Å². The largest absolute Gasteiger partial charge is 0.347 e. The standard InChI is InChI=1S/C22H23N3O/c1-25(2)22(26)21(18-13-7-4-8-14-18)24-20(17-11-5-3-6-12-17)19-15-9-10-16-23-19/h3-16,20-21,24H,1-2H3/t20-,21-/m0/s1. The first-order valence-electron chi connectivity index (χ1n) is 8.65. The van der Waals surface area contributed by atoms with Crippen LogP contribution in [0.4, 0.5) is 0 Å². The minimum atomic E-state index is -0.460. The van der Waals surface area contributed by atoms with Gasteiger partial charge >= 0.3 is 0 Å². The average Bonchev–Trinajstić information content (AvgIpc) is 2.70. The highest BCUT2D eigenvalue weighted by Gasteiger charge is 2.27. The summed E-state index contributed by atoms with van der Waals surface area (Å²) in [6.07, 6.45) is 1.78. The van der Waals surface area contributed by atoms with Crippen molar-refractivity contribution in [1.82, 2.24) is 15.2 Å². The van der Waals surface area contributed by atoms with Gasteiger partial charge in [0, 0.05) is 20.3 Å². The Hall–Kier alpha value is -2.98. The van der Waals surface area contributed by atoms with Crippen LogP contribution in [0.3, 0.4) is 0 Å². The van der Waals surface area contributed by atoms with Crippen molar-refractivity contribution in [3.8, 4) is 0 Å². The van der Waals surface area contributed by atoms with Crippen molar-refractivity contribution in [2.24, 2.45) is 0 Å². The van der Waals surface area contributed by atoms with Crippen LogP contribution in [-0.4, -0.2) is 29.9 Å². The van der Waals surface area contributed by atoms with Crippen LogP contribution in [0.15, 0.2) is 85.1 Å². The molecule has 0 unspecified atom stereocenters. The summed E-state index contributed by atoms with van der Waals surface area (Å²) in [6.45, 7) is 0. The van der Waals surface area contributed by atoms with Gasteiger partial charge in [-0.15, -0.1) is 0 Å². The number of benzene rings is 2. The monoisotopic (exact) mass is 345 g/mol. The second-order valence-electron chi connectivity index (χ2n) is 6.34. The fourth-order valence-electron chi connectivity index (χ4n) is 2.93. The fraction of sp³-hybridized carbons (Fsp3) is 0.182. The highest BCUT2D eigenvalue weighted by atomic mass is 16.2. The third-order valence-electron chi connectivity index (χ3n) is 4.27. The molecule has 0 bridgehead atoms. The first kappa shape index (κ1) is 17.8. The first-order chi connectivity index (χ1) is 12.7. The Morgan fingerprint density at radius 2 is 1.42 bits per heavy atom. The van der Waals surface area contributed by atoms with E-state index in [4.69, 9.17) is 0 Å². The minimum absolute atomic E-state index is 0.00747. The summed E-state index contributed by atoms with van der Waals surface area (Å²) in [7, 11) is 3.55. The zero-order valence-electron chi connectivity index (χ0n) is 15.0. The Labute approximate surface area is 154 Å². The molecule has 4 nitrogen and oxygen atoms in total. The molecule has 3 aromatic rings. The van der Waals surface area contributed by atoms with Crippen molar-refractivity contribution < 1.29 is 4.79 Å². The second-order valence-corrected chi connectivity index (χ2v) is 6.34. The van der Waals surface area contributed by atoms with Crippen LogP contribution in [0.2, 0.25) is 0 Å². The number of hydrogen-bond acceptors (Lipinski definition) is 3. The van der Waals surface area contributed by atoms with E-state index in [1.54, 1.807) is 25.2 Å². The quantitative estimate of drug-likeness (QED) is 0.742. The molecule has 1 N–H and O–H groups in total. The van der Waals surface area contributed by atoms with Crippen molar-refractivity contribution in [2.75, 3.05) is 14.1 Å². The Morgan fingerprint density at radius 3 is 1.96 bits per heavy atom. The number of carbonyl (C=O) groups is 1. The van der Waals surface area contributed by atoms with Gasteiger partial charge in [0.05, 0.1) is 11.7 Å². The third-order valence-corrected chi connectivity index (χ3v) is 4.27.